The van der Waals surface area contributed by atoms with Crippen molar-refractivity contribution in [1.29, 1.82) is 0 Å². The molecule has 0 fully saturated rings. The second-order valence-corrected chi connectivity index (χ2v) is 13.3. The lowest BCUT2D eigenvalue weighted by atomic mass is 9.80. The molecule has 2 bridgehead atoms. The van der Waals surface area contributed by atoms with Gasteiger partial charge in [-0.05, 0) is 84.7 Å². The summed E-state index contributed by atoms with van der Waals surface area (Å²) in [5, 5.41) is 0. The topological polar surface area (TPSA) is 27.7 Å². The molecule has 0 radical (unpaired) electrons. The predicted molar refractivity (Wildman–Crippen MR) is 183 cm³/mol. The Balaban J connectivity index is 0.00000116. The van der Waals surface area contributed by atoms with Crippen molar-refractivity contribution >= 4 is 0 Å². The zero-order valence-corrected chi connectivity index (χ0v) is 30.1. The highest BCUT2D eigenvalue weighted by atomic mass is 16.8. The monoisotopic (exact) mass is 583 g/mol. The highest BCUT2D eigenvalue weighted by Gasteiger charge is 2.40. The van der Waals surface area contributed by atoms with Crippen LogP contribution in [0.25, 0.3) is 0 Å². The van der Waals surface area contributed by atoms with Gasteiger partial charge in [-0.3, -0.25) is 4.74 Å². The van der Waals surface area contributed by atoms with Crippen LogP contribution in [0.3, 0.4) is 0 Å². The summed E-state index contributed by atoms with van der Waals surface area (Å²) in [5.74, 6) is 1.86. The van der Waals surface area contributed by atoms with Crippen LogP contribution in [-0.4, -0.2) is 0 Å². The van der Waals surface area contributed by atoms with Gasteiger partial charge in [0.05, 0.1) is 11.1 Å². The molecule has 0 aromatic heterocycles. The van der Waals surface area contributed by atoms with E-state index in [1.165, 1.54) is 67.2 Å². The van der Waals surface area contributed by atoms with E-state index < -0.39 is 12.6 Å². The molecule has 3 nitrogen and oxygen atoms in total. The number of aryl methyl sites for hydroxylation is 2. The van der Waals surface area contributed by atoms with Crippen molar-refractivity contribution in [3.05, 3.63) is 57.6 Å². The Morgan fingerprint density at radius 1 is 0.595 bits per heavy atom. The van der Waals surface area contributed by atoms with Crippen molar-refractivity contribution in [3.8, 4) is 11.5 Å². The van der Waals surface area contributed by atoms with Crippen LogP contribution in [0.4, 0.5) is 0 Å². The third-order valence-electron chi connectivity index (χ3n) is 7.71. The summed E-state index contributed by atoms with van der Waals surface area (Å²) in [6, 6.07) is 9.10. The van der Waals surface area contributed by atoms with Crippen LogP contribution in [0.15, 0.2) is 24.3 Å². The second kappa shape index (κ2) is 18.0. The van der Waals surface area contributed by atoms with E-state index in [9.17, 15) is 0 Å². The third kappa shape index (κ3) is 10.6. The summed E-state index contributed by atoms with van der Waals surface area (Å²) < 4.78 is 19.4. The number of ether oxygens (including phenoxy) is 3. The molecule has 2 atom stereocenters. The van der Waals surface area contributed by atoms with Crippen LogP contribution in [0.1, 0.15) is 174 Å². The molecule has 2 aromatic rings. The zero-order chi connectivity index (χ0) is 32.1. The largest absolute Gasteiger partial charge is 0.459 e. The summed E-state index contributed by atoms with van der Waals surface area (Å²) in [7, 11) is 0. The van der Waals surface area contributed by atoms with E-state index in [0.29, 0.717) is 0 Å². The van der Waals surface area contributed by atoms with Gasteiger partial charge in [-0.25, -0.2) is 0 Å². The van der Waals surface area contributed by atoms with Crippen LogP contribution >= 0.6 is 0 Å². The number of hydrogen-bond acceptors (Lipinski definition) is 3. The molecule has 0 amide bonds. The number of rotatable bonds is 10. The minimum Gasteiger partial charge on any atom is -0.459 e. The number of fused-ring (bicyclic) bond motifs is 6. The summed E-state index contributed by atoms with van der Waals surface area (Å²) >= 11 is 0. The first-order valence-electron chi connectivity index (χ1n) is 17.2. The molecule has 0 spiro atoms. The van der Waals surface area contributed by atoms with Gasteiger partial charge in [0, 0.05) is 0 Å². The fraction of sp³-hybridized carbons (Fsp3) is 0.692. The molecule has 2 aliphatic heterocycles. The van der Waals surface area contributed by atoms with Gasteiger partial charge in [0.15, 0.2) is 0 Å². The quantitative estimate of drug-likeness (QED) is 0.279. The molecule has 2 heterocycles. The van der Waals surface area contributed by atoms with Gasteiger partial charge in [-0.2, -0.15) is 0 Å². The fourth-order valence-electron chi connectivity index (χ4n) is 5.88. The maximum atomic E-state index is 6.51. The first-order valence-corrected chi connectivity index (χ1v) is 17.2. The van der Waals surface area contributed by atoms with E-state index in [1.54, 1.807) is 0 Å². The molecule has 2 aliphatic rings. The Hall–Kier alpha value is -2.00. The van der Waals surface area contributed by atoms with Crippen molar-refractivity contribution in [2.45, 2.75) is 167 Å². The molecule has 0 saturated carbocycles. The summed E-state index contributed by atoms with van der Waals surface area (Å²) in [6.45, 7) is 30.6. The van der Waals surface area contributed by atoms with Crippen molar-refractivity contribution < 1.29 is 14.2 Å². The van der Waals surface area contributed by atoms with E-state index in [4.69, 9.17) is 14.2 Å². The minimum absolute atomic E-state index is 0.271. The summed E-state index contributed by atoms with van der Waals surface area (Å²) in [6.07, 6.45) is 9.99. The number of benzene rings is 2. The first-order chi connectivity index (χ1) is 19.9. The van der Waals surface area contributed by atoms with Crippen LogP contribution in [0, 0.1) is 24.7 Å². The average Bonchev–Trinajstić information content (AvgIpc) is 2.94. The van der Waals surface area contributed by atoms with Crippen LogP contribution < -0.4 is 9.47 Å². The third-order valence-corrected chi connectivity index (χ3v) is 7.71. The maximum absolute atomic E-state index is 6.51. The lowest BCUT2D eigenvalue weighted by Gasteiger charge is -2.40. The lowest BCUT2D eigenvalue weighted by Crippen LogP contribution is -2.31. The van der Waals surface area contributed by atoms with E-state index in [-0.39, 0.29) is 10.8 Å². The van der Waals surface area contributed by atoms with E-state index in [2.05, 4.69) is 93.5 Å². The Kier molecular flexibility index (Phi) is 16.3. The van der Waals surface area contributed by atoms with Gasteiger partial charge in [-0.1, -0.05) is 127 Å². The van der Waals surface area contributed by atoms with Gasteiger partial charge < -0.3 is 9.47 Å². The average molecular weight is 583 g/mol. The molecule has 4 rings (SSSR count). The highest BCUT2D eigenvalue weighted by molar-refractivity contribution is 5.52. The predicted octanol–water partition coefficient (Wildman–Crippen LogP) is 12.8. The molecule has 3 heteroatoms. The van der Waals surface area contributed by atoms with Gasteiger partial charge >= 0.3 is 0 Å². The summed E-state index contributed by atoms with van der Waals surface area (Å²) in [5.41, 5.74) is 7.61. The molecule has 0 saturated heterocycles. The Labute approximate surface area is 261 Å². The van der Waals surface area contributed by atoms with Gasteiger partial charge in [-0.15, -0.1) is 0 Å². The first kappa shape index (κ1) is 38.0. The molecular formula is C39H66O3. The van der Waals surface area contributed by atoms with Gasteiger partial charge in [0.2, 0.25) is 12.6 Å². The van der Waals surface area contributed by atoms with Crippen LogP contribution in [0.2, 0.25) is 0 Å². The summed E-state index contributed by atoms with van der Waals surface area (Å²) in [4.78, 5) is 0. The second-order valence-electron chi connectivity index (χ2n) is 13.3. The Morgan fingerprint density at radius 2 is 0.929 bits per heavy atom. The number of unbranched alkanes of at least 4 members (excludes halogenated alkanes) is 2. The maximum Gasteiger partial charge on any atom is 0.233 e. The Morgan fingerprint density at radius 3 is 1.24 bits per heavy atom. The number of hydrogen-bond donors (Lipinski definition) is 0. The molecule has 240 valence electrons. The zero-order valence-electron chi connectivity index (χ0n) is 30.1. The van der Waals surface area contributed by atoms with Crippen molar-refractivity contribution in [2.75, 3.05) is 0 Å². The molecule has 0 N–H and O–H groups in total. The van der Waals surface area contributed by atoms with E-state index in [0.717, 1.165) is 35.5 Å². The molecule has 2 unspecified atom stereocenters. The minimum atomic E-state index is -0.417. The Bertz CT molecular complexity index is 982. The molecule has 42 heavy (non-hydrogen) atoms. The molecular weight excluding hydrogens is 516 g/mol. The van der Waals surface area contributed by atoms with Crippen LogP contribution in [0.5, 0.6) is 11.5 Å². The molecule has 0 aliphatic carbocycles. The lowest BCUT2D eigenvalue weighted by molar-refractivity contribution is -0.228. The van der Waals surface area contributed by atoms with Crippen molar-refractivity contribution in [1.82, 2.24) is 0 Å². The van der Waals surface area contributed by atoms with E-state index in [1.807, 2.05) is 27.7 Å². The molecule has 2 aromatic carbocycles. The smallest absolute Gasteiger partial charge is 0.233 e. The van der Waals surface area contributed by atoms with E-state index >= 15 is 0 Å². The standard InChI is InChI=1S/C32H46O3.C3H8.2C2H6/c1-9-11-13-31(5,6)19-23-15-21(3)27-25(17-23)29-34-28-22(4)16-24(18-26(28)30(33-27)35-29)20-32(7,8)14-12-10-2;1-3-2;2*1-2/h15-18,29-30H,9-14,19-20H2,1-8H3;3H2,1-2H3;2*1-2H3. The SMILES string of the molecule is CC.CC.CCC.CCCCC(C)(C)Cc1cc(C)c2c(c1)C1Oc3c(C)cc(CC(C)(C)CCCC)cc3C(O2)O1. The van der Waals surface area contributed by atoms with Crippen molar-refractivity contribution in [3.63, 3.8) is 0 Å². The fourth-order valence-corrected chi connectivity index (χ4v) is 5.88. The van der Waals surface area contributed by atoms with Gasteiger partial charge in [0.25, 0.3) is 0 Å². The highest BCUT2D eigenvalue weighted by Crippen LogP contribution is 2.50. The van der Waals surface area contributed by atoms with Gasteiger partial charge in [0.1, 0.15) is 11.5 Å². The van der Waals surface area contributed by atoms with Crippen molar-refractivity contribution in [2.24, 2.45) is 10.8 Å². The normalized spacial score (nSPS) is 16.5. The van der Waals surface area contributed by atoms with Crippen LogP contribution in [-0.2, 0) is 17.6 Å².